The van der Waals surface area contributed by atoms with Crippen LogP contribution in [0.2, 0.25) is 0 Å². The number of rotatable bonds is 5. The molecule has 0 spiro atoms. The van der Waals surface area contributed by atoms with Gasteiger partial charge in [0.05, 0.1) is 12.0 Å². The largest absolute Gasteiger partial charge is 0.370 e. The van der Waals surface area contributed by atoms with E-state index in [0.717, 1.165) is 29.6 Å². The van der Waals surface area contributed by atoms with Gasteiger partial charge in [0, 0.05) is 25.7 Å². The first-order valence-electron chi connectivity index (χ1n) is 6.19. The van der Waals surface area contributed by atoms with Gasteiger partial charge in [0.1, 0.15) is 17.5 Å². The third-order valence-electron chi connectivity index (χ3n) is 2.71. The molecule has 0 saturated heterocycles. The summed E-state index contributed by atoms with van der Waals surface area (Å²) in [6.45, 7) is 9.32. The smallest absolute Gasteiger partial charge is 0.137 e. The fraction of sp³-hybridized carbons (Fsp3) is 0.615. The molecule has 0 aliphatic heterocycles. The Kier molecular flexibility index (Phi) is 4.90. The SMILES string of the molecule is CCNc1nc(C)nc(N(C)CC(C)C#N)c1C. The van der Waals surface area contributed by atoms with Crippen molar-refractivity contribution in [1.29, 1.82) is 5.26 Å². The molecule has 0 aliphatic rings. The summed E-state index contributed by atoms with van der Waals surface area (Å²) in [5, 5.41) is 12.1. The molecule has 1 unspecified atom stereocenters. The van der Waals surface area contributed by atoms with Gasteiger partial charge in [-0.3, -0.25) is 0 Å². The molecule has 0 saturated carbocycles. The molecular formula is C13H21N5. The molecular weight excluding hydrogens is 226 g/mol. The number of hydrogen-bond donors (Lipinski definition) is 1. The molecule has 1 rings (SSSR count). The van der Waals surface area contributed by atoms with Gasteiger partial charge in [-0.1, -0.05) is 0 Å². The van der Waals surface area contributed by atoms with Crippen LogP contribution in [0, 0.1) is 31.1 Å². The molecule has 0 fully saturated rings. The van der Waals surface area contributed by atoms with E-state index in [1.54, 1.807) is 0 Å². The van der Waals surface area contributed by atoms with Crippen LogP contribution < -0.4 is 10.2 Å². The molecule has 0 radical (unpaired) electrons. The molecule has 18 heavy (non-hydrogen) atoms. The summed E-state index contributed by atoms with van der Waals surface area (Å²) < 4.78 is 0. The highest BCUT2D eigenvalue weighted by Crippen LogP contribution is 2.23. The summed E-state index contributed by atoms with van der Waals surface area (Å²) in [5.41, 5.74) is 1.02. The van der Waals surface area contributed by atoms with Crippen LogP contribution in [0.1, 0.15) is 25.2 Å². The molecule has 1 N–H and O–H groups in total. The first-order chi connectivity index (χ1) is 8.49. The lowest BCUT2D eigenvalue weighted by Crippen LogP contribution is -2.26. The minimum absolute atomic E-state index is 0.0211. The quantitative estimate of drug-likeness (QED) is 0.863. The monoisotopic (exact) mass is 247 g/mol. The van der Waals surface area contributed by atoms with E-state index in [-0.39, 0.29) is 5.92 Å². The molecule has 1 aromatic heterocycles. The summed E-state index contributed by atoms with van der Waals surface area (Å²) >= 11 is 0. The summed E-state index contributed by atoms with van der Waals surface area (Å²) in [6.07, 6.45) is 0. The highest BCUT2D eigenvalue weighted by molar-refractivity contribution is 5.58. The van der Waals surface area contributed by atoms with Gasteiger partial charge in [-0.15, -0.1) is 0 Å². The normalized spacial score (nSPS) is 11.8. The van der Waals surface area contributed by atoms with Crippen LogP contribution in [0.15, 0.2) is 0 Å². The molecule has 0 aliphatic carbocycles. The second kappa shape index (κ2) is 6.20. The van der Waals surface area contributed by atoms with Crippen LogP contribution in [-0.2, 0) is 0 Å². The topological polar surface area (TPSA) is 64.8 Å². The second-order valence-electron chi connectivity index (χ2n) is 4.51. The van der Waals surface area contributed by atoms with Crippen molar-refractivity contribution in [2.45, 2.75) is 27.7 Å². The number of nitriles is 1. The maximum Gasteiger partial charge on any atom is 0.137 e. The number of nitrogens with zero attached hydrogens (tertiary/aromatic N) is 4. The van der Waals surface area contributed by atoms with E-state index in [2.05, 4.69) is 21.4 Å². The number of aromatic nitrogens is 2. The van der Waals surface area contributed by atoms with Gasteiger partial charge >= 0.3 is 0 Å². The predicted octanol–water partition coefficient (Wildman–Crippen LogP) is 2.12. The van der Waals surface area contributed by atoms with Crippen molar-refractivity contribution in [2.24, 2.45) is 5.92 Å². The summed E-state index contributed by atoms with van der Waals surface area (Å²) in [4.78, 5) is 10.9. The number of nitrogens with one attached hydrogen (secondary N) is 1. The maximum atomic E-state index is 8.87. The fourth-order valence-corrected chi connectivity index (χ4v) is 1.86. The zero-order valence-corrected chi connectivity index (χ0v) is 11.8. The molecule has 5 nitrogen and oxygen atoms in total. The summed E-state index contributed by atoms with van der Waals surface area (Å²) in [6, 6.07) is 2.24. The van der Waals surface area contributed by atoms with Crippen molar-refractivity contribution in [3.05, 3.63) is 11.4 Å². The highest BCUT2D eigenvalue weighted by Gasteiger charge is 2.14. The van der Waals surface area contributed by atoms with Crippen LogP contribution in [0.5, 0.6) is 0 Å². The molecule has 5 heteroatoms. The fourth-order valence-electron chi connectivity index (χ4n) is 1.86. The van der Waals surface area contributed by atoms with Crippen LogP contribution in [-0.4, -0.2) is 30.1 Å². The third-order valence-corrected chi connectivity index (χ3v) is 2.71. The molecule has 0 bridgehead atoms. The van der Waals surface area contributed by atoms with Crippen molar-refractivity contribution in [2.75, 3.05) is 30.4 Å². The lowest BCUT2D eigenvalue weighted by molar-refractivity contribution is 0.706. The van der Waals surface area contributed by atoms with Gasteiger partial charge in [-0.2, -0.15) is 5.26 Å². The van der Waals surface area contributed by atoms with Gasteiger partial charge in [-0.25, -0.2) is 9.97 Å². The van der Waals surface area contributed by atoms with E-state index in [4.69, 9.17) is 5.26 Å². The highest BCUT2D eigenvalue weighted by atomic mass is 15.2. The molecule has 0 amide bonds. The van der Waals surface area contributed by atoms with Crippen molar-refractivity contribution < 1.29 is 0 Å². The van der Waals surface area contributed by atoms with E-state index in [0.29, 0.717) is 6.54 Å². The predicted molar refractivity (Wildman–Crippen MR) is 73.7 cm³/mol. The van der Waals surface area contributed by atoms with Gasteiger partial charge in [0.2, 0.25) is 0 Å². The van der Waals surface area contributed by atoms with Crippen molar-refractivity contribution >= 4 is 11.6 Å². The van der Waals surface area contributed by atoms with Crippen molar-refractivity contribution in [3.8, 4) is 6.07 Å². The average molecular weight is 247 g/mol. The lowest BCUT2D eigenvalue weighted by Gasteiger charge is -2.22. The second-order valence-corrected chi connectivity index (χ2v) is 4.51. The summed E-state index contributed by atoms with van der Waals surface area (Å²) in [7, 11) is 1.96. The van der Waals surface area contributed by atoms with Crippen LogP contribution >= 0.6 is 0 Å². The number of hydrogen-bond acceptors (Lipinski definition) is 5. The standard InChI is InChI=1S/C13H21N5/c1-6-15-12-10(3)13(17-11(4)16-12)18(5)8-9(2)7-14/h9H,6,8H2,1-5H3,(H,15,16,17). The molecule has 1 aromatic rings. The van der Waals surface area contributed by atoms with E-state index in [9.17, 15) is 0 Å². The Labute approximate surface area is 109 Å². The lowest BCUT2D eigenvalue weighted by atomic mass is 10.2. The Balaban J connectivity index is 3.04. The van der Waals surface area contributed by atoms with Crippen molar-refractivity contribution in [3.63, 3.8) is 0 Å². The van der Waals surface area contributed by atoms with E-state index in [1.165, 1.54) is 0 Å². The zero-order chi connectivity index (χ0) is 13.7. The van der Waals surface area contributed by atoms with E-state index < -0.39 is 0 Å². The Morgan fingerprint density at radius 2 is 2.06 bits per heavy atom. The van der Waals surface area contributed by atoms with Gasteiger partial charge in [0.15, 0.2) is 0 Å². The third kappa shape index (κ3) is 3.33. The molecule has 1 heterocycles. The molecule has 98 valence electrons. The Morgan fingerprint density at radius 1 is 1.39 bits per heavy atom. The van der Waals surface area contributed by atoms with E-state index >= 15 is 0 Å². The van der Waals surface area contributed by atoms with Crippen LogP contribution in [0.4, 0.5) is 11.6 Å². The van der Waals surface area contributed by atoms with Crippen LogP contribution in [0.3, 0.4) is 0 Å². The molecule has 1 atom stereocenters. The number of aryl methyl sites for hydroxylation is 1. The van der Waals surface area contributed by atoms with Crippen LogP contribution in [0.25, 0.3) is 0 Å². The maximum absolute atomic E-state index is 8.87. The Hall–Kier alpha value is -1.83. The van der Waals surface area contributed by atoms with E-state index in [1.807, 2.05) is 39.6 Å². The number of anilines is 2. The van der Waals surface area contributed by atoms with Crippen molar-refractivity contribution in [1.82, 2.24) is 9.97 Å². The summed E-state index contributed by atoms with van der Waals surface area (Å²) in [5.74, 6) is 2.48. The minimum Gasteiger partial charge on any atom is -0.370 e. The first-order valence-corrected chi connectivity index (χ1v) is 6.19. The van der Waals surface area contributed by atoms with Gasteiger partial charge in [0.25, 0.3) is 0 Å². The Morgan fingerprint density at radius 3 is 2.61 bits per heavy atom. The average Bonchev–Trinajstić information content (AvgIpc) is 2.33. The van der Waals surface area contributed by atoms with Gasteiger partial charge in [-0.05, 0) is 27.7 Å². The molecule has 0 aromatic carbocycles. The van der Waals surface area contributed by atoms with Gasteiger partial charge < -0.3 is 10.2 Å². The first kappa shape index (κ1) is 14.2. The minimum atomic E-state index is -0.0211. The zero-order valence-electron chi connectivity index (χ0n) is 11.8. The Bertz CT molecular complexity index is 449.